The van der Waals surface area contributed by atoms with Crippen molar-refractivity contribution in [1.29, 1.82) is 0 Å². The molecule has 3 rings (SSSR count). The monoisotopic (exact) mass is 340 g/mol. The molecule has 1 aromatic heterocycles. The van der Waals surface area contributed by atoms with Gasteiger partial charge in [0.25, 0.3) is 11.6 Å². The number of nitrogens with zero attached hydrogens (tertiary/aromatic N) is 3. The van der Waals surface area contributed by atoms with Crippen molar-refractivity contribution in [2.24, 2.45) is 5.92 Å². The standard InChI is InChI=1S/C18H20N4O3/c23-18(15-5-1-2-6-16(15)22(24)25)20-13-14-8-11-21(12-9-14)17-7-3-4-10-19-17/h1-7,10,14H,8-9,11-13H2,(H,20,23). The number of aromatic nitrogens is 1. The molecule has 7 nitrogen and oxygen atoms in total. The van der Waals surface area contributed by atoms with E-state index in [0.717, 1.165) is 31.7 Å². The van der Waals surface area contributed by atoms with Gasteiger partial charge < -0.3 is 10.2 Å². The molecule has 2 heterocycles. The van der Waals surface area contributed by atoms with Crippen molar-refractivity contribution in [3.63, 3.8) is 0 Å². The molecule has 0 unspecified atom stereocenters. The van der Waals surface area contributed by atoms with Gasteiger partial charge in [-0.3, -0.25) is 14.9 Å². The summed E-state index contributed by atoms with van der Waals surface area (Å²) in [5.41, 5.74) is -0.0524. The smallest absolute Gasteiger partial charge is 0.282 e. The van der Waals surface area contributed by atoms with E-state index in [2.05, 4.69) is 15.2 Å². The average Bonchev–Trinajstić information content (AvgIpc) is 2.67. The number of benzene rings is 1. The molecule has 1 aliphatic rings. The predicted octanol–water partition coefficient (Wildman–Crippen LogP) is 2.64. The fourth-order valence-electron chi connectivity index (χ4n) is 3.06. The van der Waals surface area contributed by atoms with E-state index in [1.807, 2.05) is 18.2 Å². The maximum atomic E-state index is 12.3. The number of anilines is 1. The van der Waals surface area contributed by atoms with Crippen LogP contribution in [0.4, 0.5) is 11.5 Å². The Bertz CT molecular complexity index is 743. The number of nitrogens with one attached hydrogen (secondary N) is 1. The Balaban J connectivity index is 1.52. The Kier molecular flexibility index (Phi) is 5.23. The quantitative estimate of drug-likeness (QED) is 0.668. The summed E-state index contributed by atoms with van der Waals surface area (Å²) in [5, 5.41) is 13.9. The second-order valence-corrected chi connectivity index (χ2v) is 6.10. The summed E-state index contributed by atoms with van der Waals surface area (Å²) in [7, 11) is 0. The minimum Gasteiger partial charge on any atom is -0.357 e. The normalized spacial score (nSPS) is 15.0. The van der Waals surface area contributed by atoms with E-state index in [-0.39, 0.29) is 17.2 Å². The van der Waals surface area contributed by atoms with Crippen LogP contribution in [0.15, 0.2) is 48.7 Å². The van der Waals surface area contributed by atoms with Crippen LogP contribution in [0.3, 0.4) is 0 Å². The minimum atomic E-state index is -0.528. The van der Waals surface area contributed by atoms with Crippen molar-refractivity contribution in [2.75, 3.05) is 24.5 Å². The van der Waals surface area contributed by atoms with Gasteiger partial charge in [-0.1, -0.05) is 18.2 Å². The van der Waals surface area contributed by atoms with Crippen LogP contribution in [-0.4, -0.2) is 35.4 Å². The third-order valence-electron chi connectivity index (χ3n) is 4.48. The summed E-state index contributed by atoms with van der Waals surface area (Å²) >= 11 is 0. The van der Waals surface area contributed by atoms with Gasteiger partial charge >= 0.3 is 0 Å². The topological polar surface area (TPSA) is 88.4 Å². The zero-order valence-corrected chi connectivity index (χ0v) is 13.8. The highest BCUT2D eigenvalue weighted by atomic mass is 16.6. The molecule has 0 radical (unpaired) electrons. The zero-order chi connectivity index (χ0) is 17.6. The number of hydrogen-bond acceptors (Lipinski definition) is 5. The molecule has 1 fully saturated rings. The number of para-hydroxylation sites is 1. The fraction of sp³-hybridized carbons (Fsp3) is 0.333. The number of hydrogen-bond donors (Lipinski definition) is 1. The predicted molar refractivity (Wildman–Crippen MR) is 94.6 cm³/mol. The molecule has 1 amide bonds. The van der Waals surface area contributed by atoms with E-state index in [4.69, 9.17) is 0 Å². The first-order chi connectivity index (χ1) is 12.1. The Morgan fingerprint density at radius 2 is 1.92 bits per heavy atom. The van der Waals surface area contributed by atoms with Crippen molar-refractivity contribution in [3.8, 4) is 0 Å². The zero-order valence-electron chi connectivity index (χ0n) is 13.8. The lowest BCUT2D eigenvalue weighted by Crippen LogP contribution is -2.39. The highest BCUT2D eigenvalue weighted by Gasteiger charge is 2.23. The Labute approximate surface area is 145 Å². The lowest BCUT2D eigenvalue weighted by atomic mass is 9.96. The fourth-order valence-corrected chi connectivity index (χ4v) is 3.06. The van der Waals surface area contributed by atoms with E-state index in [1.165, 1.54) is 12.1 Å². The number of nitro groups is 1. The molecule has 1 saturated heterocycles. The first kappa shape index (κ1) is 16.9. The second kappa shape index (κ2) is 7.74. The summed E-state index contributed by atoms with van der Waals surface area (Å²) in [4.78, 5) is 29.3. The molecule has 2 aromatic rings. The van der Waals surface area contributed by atoms with Gasteiger partial charge in [-0.05, 0) is 37.0 Å². The summed E-state index contributed by atoms with van der Waals surface area (Å²) in [5.74, 6) is 0.955. The molecule has 130 valence electrons. The summed E-state index contributed by atoms with van der Waals surface area (Å²) < 4.78 is 0. The Morgan fingerprint density at radius 3 is 2.60 bits per heavy atom. The molecule has 0 spiro atoms. The van der Waals surface area contributed by atoms with Crippen LogP contribution in [0.1, 0.15) is 23.2 Å². The summed E-state index contributed by atoms with van der Waals surface area (Å²) in [6, 6.07) is 11.9. The van der Waals surface area contributed by atoms with Crippen LogP contribution >= 0.6 is 0 Å². The van der Waals surface area contributed by atoms with Crippen molar-refractivity contribution in [2.45, 2.75) is 12.8 Å². The van der Waals surface area contributed by atoms with Gasteiger partial charge in [0.1, 0.15) is 11.4 Å². The number of carbonyl (C=O) groups excluding carboxylic acids is 1. The minimum absolute atomic E-state index is 0.110. The van der Waals surface area contributed by atoms with Crippen LogP contribution in [0.25, 0.3) is 0 Å². The highest BCUT2D eigenvalue weighted by Crippen LogP contribution is 2.22. The van der Waals surface area contributed by atoms with Crippen LogP contribution in [0, 0.1) is 16.0 Å². The van der Waals surface area contributed by atoms with Crippen LogP contribution in [0.2, 0.25) is 0 Å². The Morgan fingerprint density at radius 1 is 1.20 bits per heavy atom. The van der Waals surface area contributed by atoms with Gasteiger partial charge in [-0.15, -0.1) is 0 Å². The van der Waals surface area contributed by atoms with Crippen molar-refractivity contribution in [1.82, 2.24) is 10.3 Å². The van der Waals surface area contributed by atoms with Crippen molar-refractivity contribution in [3.05, 3.63) is 64.3 Å². The van der Waals surface area contributed by atoms with Gasteiger partial charge in [-0.25, -0.2) is 4.98 Å². The molecule has 1 aliphatic heterocycles. The van der Waals surface area contributed by atoms with E-state index in [9.17, 15) is 14.9 Å². The van der Waals surface area contributed by atoms with E-state index in [0.29, 0.717) is 12.5 Å². The van der Waals surface area contributed by atoms with Gasteiger partial charge in [0.2, 0.25) is 0 Å². The number of amides is 1. The SMILES string of the molecule is O=C(NCC1CCN(c2ccccn2)CC1)c1ccccc1[N+](=O)[O-]. The van der Waals surface area contributed by atoms with E-state index in [1.54, 1.807) is 18.3 Å². The first-order valence-corrected chi connectivity index (χ1v) is 8.33. The number of rotatable bonds is 5. The molecule has 0 aliphatic carbocycles. The van der Waals surface area contributed by atoms with Gasteiger partial charge in [0.15, 0.2) is 0 Å². The molecule has 25 heavy (non-hydrogen) atoms. The number of piperidine rings is 1. The molecule has 1 aromatic carbocycles. The Hall–Kier alpha value is -2.96. The molecule has 7 heteroatoms. The number of pyridine rings is 1. The van der Waals surface area contributed by atoms with Gasteiger partial charge in [0.05, 0.1) is 4.92 Å². The first-order valence-electron chi connectivity index (χ1n) is 8.33. The number of nitro benzene ring substituents is 1. The average molecular weight is 340 g/mol. The molecule has 0 atom stereocenters. The van der Waals surface area contributed by atoms with Gasteiger partial charge in [-0.2, -0.15) is 0 Å². The maximum Gasteiger partial charge on any atom is 0.282 e. The molecule has 1 N–H and O–H groups in total. The van der Waals surface area contributed by atoms with Crippen molar-refractivity contribution >= 4 is 17.4 Å². The van der Waals surface area contributed by atoms with Gasteiger partial charge in [0, 0.05) is 31.9 Å². The molecular weight excluding hydrogens is 320 g/mol. The van der Waals surface area contributed by atoms with Crippen LogP contribution < -0.4 is 10.2 Å². The van der Waals surface area contributed by atoms with Crippen molar-refractivity contribution < 1.29 is 9.72 Å². The third-order valence-corrected chi connectivity index (χ3v) is 4.48. The highest BCUT2D eigenvalue weighted by molar-refractivity contribution is 5.98. The van der Waals surface area contributed by atoms with Crippen LogP contribution in [-0.2, 0) is 0 Å². The van der Waals surface area contributed by atoms with E-state index >= 15 is 0 Å². The maximum absolute atomic E-state index is 12.3. The lowest BCUT2D eigenvalue weighted by Gasteiger charge is -2.32. The summed E-state index contributed by atoms with van der Waals surface area (Å²) in [6.07, 6.45) is 3.69. The second-order valence-electron chi connectivity index (χ2n) is 6.10. The van der Waals surface area contributed by atoms with Crippen LogP contribution in [0.5, 0.6) is 0 Å². The molecule has 0 bridgehead atoms. The lowest BCUT2D eigenvalue weighted by molar-refractivity contribution is -0.385. The number of carbonyl (C=O) groups is 1. The molecule has 0 saturated carbocycles. The van der Waals surface area contributed by atoms with E-state index < -0.39 is 4.92 Å². The molecular formula is C18H20N4O3. The largest absolute Gasteiger partial charge is 0.357 e. The summed E-state index contributed by atoms with van der Waals surface area (Å²) in [6.45, 7) is 2.31. The third kappa shape index (κ3) is 4.12.